The molecule has 0 aliphatic carbocycles. The molecule has 0 rings (SSSR count). The molecule has 0 spiro atoms. The van der Waals surface area contributed by atoms with E-state index in [2.05, 4.69) is 79.9 Å². The second kappa shape index (κ2) is 37.5. The molecule has 0 fully saturated rings. The van der Waals surface area contributed by atoms with Crippen molar-refractivity contribution in [1.29, 1.82) is 0 Å². The average molecular weight is 791 g/mol. The molecule has 8 nitrogen and oxygen atoms in total. The van der Waals surface area contributed by atoms with Gasteiger partial charge in [0.05, 0.1) is 39.9 Å². The van der Waals surface area contributed by atoms with Crippen LogP contribution in [0.15, 0.2) is 72.9 Å². The predicted molar refractivity (Wildman–Crippen MR) is 233 cm³/mol. The summed E-state index contributed by atoms with van der Waals surface area (Å²) < 4.78 is 23.1. The summed E-state index contributed by atoms with van der Waals surface area (Å²) >= 11 is 0. The van der Waals surface area contributed by atoms with Crippen molar-refractivity contribution in [1.82, 2.24) is 5.32 Å². The second-order valence-corrected chi connectivity index (χ2v) is 17.1. The molecule has 3 atom stereocenters. The second-order valence-electron chi connectivity index (χ2n) is 15.6. The number of hydrogen-bond donors (Lipinski definition) is 2. The van der Waals surface area contributed by atoms with Gasteiger partial charge in [-0.3, -0.25) is 9.36 Å². The first-order valence-corrected chi connectivity index (χ1v) is 23.3. The topological polar surface area (TPSA) is 108 Å². The van der Waals surface area contributed by atoms with Gasteiger partial charge in [0.25, 0.3) is 7.82 Å². The first-order chi connectivity index (χ1) is 26.5. The molecule has 0 saturated heterocycles. The van der Waals surface area contributed by atoms with E-state index < -0.39 is 26.6 Å². The quantitative estimate of drug-likeness (QED) is 0.0279. The molecule has 55 heavy (non-hydrogen) atoms. The summed E-state index contributed by atoms with van der Waals surface area (Å²) in [6.45, 7) is 4.46. The largest absolute Gasteiger partial charge is 0.756 e. The highest BCUT2D eigenvalue weighted by Crippen LogP contribution is 2.38. The lowest BCUT2D eigenvalue weighted by Gasteiger charge is -2.29. The van der Waals surface area contributed by atoms with Gasteiger partial charge in [0.1, 0.15) is 13.2 Å². The van der Waals surface area contributed by atoms with E-state index in [0.717, 1.165) is 77.0 Å². The number of quaternary nitrogens is 1. The minimum Gasteiger partial charge on any atom is -0.756 e. The molecule has 318 valence electrons. The fourth-order valence-electron chi connectivity index (χ4n) is 5.67. The van der Waals surface area contributed by atoms with Crippen molar-refractivity contribution in [2.24, 2.45) is 0 Å². The zero-order valence-corrected chi connectivity index (χ0v) is 36.7. The summed E-state index contributed by atoms with van der Waals surface area (Å²) in [5.74, 6) is -0.226. The van der Waals surface area contributed by atoms with E-state index in [1.807, 2.05) is 27.2 Å². The lowest BCUT2D eigenvalue weighted by molar-refractivity contribution is -0.870. The van der Waals surface area contributed by atoms with Gasteiger partial charge >= 0.3 is 0 Å². The molecule has 0 radical (unpaired) electrons. The van der Waals surface area contributed by atoms with Gasteiger partial charge in [-0.15, -0.1) is 0 Å². The van der Waals surface area contributed by atoms with Gasteiger partial charge in [0, 0.05) is 6.42 Å². The standard InChI is InChI=1S/C46H83N2O6P/c1-6-8-10-12-14-16-18-20-22-24-26-28-30-32-34-36-38-40-46(50)47-44(43-54-55(51,52)53-42-41-48(3,4)5)45(49)39-37-35-33-31-29-27-25-23-21-19-17-15-13-11-9-7-2/h8,10,14,16,20-23,29,31,37,39,44-45,49H,6-7,9,11-13,15,17-19,24-28,30,32-36,38,40-43H2,1-5H3,(H-,47,50,51,52)/b10-8-,16-14-,22-20-,23-21+,31-29+,39-37+. The summed E-state index contributed by atoms with van der Waals surface area (Å²) in [6.07, 6.45) is 49.4. The molecule has 3 unspecified atom stereocenters. The van der Waals surface area contributed by atoms with Crippen LogP contribution in [0.3, 0.4) is 0 Å². The van der Waals surface area contributed by atoms with Crippen molar-refractivity contribution in [3.05, 3.63) is 72.9 Å². The average Bonchev–Trinajstić information content (AvgIpc) is 3.13. The SMILES string of the molecule is CC/C=C\C/C=C\C/C=C\CCCCCCCCCC(=O)NC(COP(=O)([O-])OCC[N+](C)(C)C)C(O)/C=C/CC/C=C/CC/C=C/CCCCCCCC. The number of carbonyl (C=O) groups is 1. The minimum atomic E-state index is -4.60. The Labute approximate surface area is 338 Å². The highest BCUT2D eigenvalue weighted by atomic mass is 31.2. The number of hydrogen-bond acceptors (Lipinski definition) is 6. The molecule has 0 aromatic carbocycles. The number of nitrogens with one attached hydrogen (secondary N) is 1. The fourth-order valence-corrected chi connectivity index (χ4v) is 6.39. The van der Waals surface area contributed by atoms with E-state index >= 15 is 0 Å². The van der Waals surface area contributed by atoms with Crippen LogP contribution in [0.2, 0.25) is 0 Å². The third kappa shape index (κ3) is 40.0. The molecular weight excluding hydrogens is 707 g/mol. The Morgan fingerprint density at radius 2 is 1.13 bits per heavy atom. The van der Waals surface area contributed by atoms with Crippen LogP contribution in [0.1, 0.15) is 162 Å². The van der Waals surface area contributed by atoms with Crippen LogP contribution in [0.4, 0.5) is 0 Å². The maximum atomic E-state index is 12.8. The number of amides is 1. The van der Waals surface area contributed by atoms with E-state index in [9.17, 15) is 19.4 Å². The summed E-state index contributed by atoms with van der Waals surface area (Å²) in [5, 5.41) is 13.7. The van der Waals surface area contributed by atoms with Gasteiger partial charge in [-0.05, 0) is 77.0 Å². The van der Waals surface area contributed by atoms with Gasteiger partial charge < -0.3 is 28.8 Å². The monoisotopic (exact) mass is 791 g/mol. The molecule has 1 amide bonds. The van der Waals surface area contributed by atoms with E-state index in [4.69, 9.17) is 9.05 Å². The Bertz CT molecular complexity index is 1120. The number of carbonyl (C=O) groups excluding carboxylic acids is 1. The summed E-state index contributed by atoms with van der Waals surface area (Å²) in [6, 6.07) is -0.917. The van der Waals surface area contributed by atoms with Crippen molar-refractivity contribution in [2.75, 3.05) is 40.9 Å². The van der Waals surface area contributed by atoms with Crippen LogP contribution in [0.25, 0.3) is 0 Å². The zero-order valence-electron chi connectivity index (χ0n) is 35.9. The van der Waals surface area contributed by atoms with Crippen LogP contribution in [0.5, 0.6) is 0 Å². The number of phosphoric ester groups is 1. The molecule has 0 aromatic rings. The van der Waals surface area contributed by atoms with Crippen molar-refractivity contribution in [2.45, 2.75) is 174 Å². The van der Waals surface area contributed by atoms with Gasteiger partial charge in [-0.25, -0.2) is 0 Å². The summed E-state index contributed by atoms with van der Waals surface area (Å²) in [5.41, 5.74) is 0. The number of aliphatic hydroxyl groups is 1. The number of rotatable bonds is 38. The molecule has 0 aromatic heterocycles. The van der Waals surface area contributed by atoms with Gasteiger partial charge in [-0.1, -0.05) is 151 Å². The van der Waals surface area contributed by atoms with E-state index in [0.29, 0.717) is 17.4 Å². The predicted octanol–water partition coefficient (Wildman–Crippen LogP) is 11.4. The van der Waals surface area contributed by atoms with Crippen molar-refractivity contribution in [3.63, 3.8) is 0 Å². The molecule has 0 aliphatic heterocycles. The Kier molecular flexibility index (Phi) is 36.1. The van der Waals surface area contributed by atoms with E-state index in [1.165, 1.54) is 64.2 Å². The van der Waals surface area contributed by atoms with Crippen LogP contribution >= 0.6 is 7.82 Å². The Morgan fingerprint density at radius 1 is 0.655 bits per heavy atom. The smallest absolute Gasteiger partial charge is 0.268 e. The van der Waals surface area contributed by atoms with Gasteiger partial charge in [0.15, 0.2) is 0 Å². The maximum Gasteiger partial charge on any atom is 0.268 e. The van der Waals surface area contributed by atoms with Crippen LogP contribution in [-0.2, 0) is 18.4 Å². The van der Waals surface area contributed by atoms with E-state index in [1.54, 1.807) is 6.08 Å². The van der Waals surface area contributed by atoms with Crippen molar-refractivity contribution in [3.8, 4) is 0 Å². The Hall–Kier alpha value is -2.06. The van der Waals surface area contributed by atoms with Gasteiger partial charge in [-0.2, -0.15) is 0 Å². The van der Waals surface area contributed by atoms with Gasteiger partial charge in [0.2, 0.25) is 5.91 Å². The highest BCUT2D eigenvalue weighted by Gasteiger charge is 2.23. The summed E-state index contributed by atoms with van der Waals surface area (Å²) in [7, 11) is 1.21. The molecule has 2 N–H and O–H groups in total. The molecule has 0 aliphatic rings. The maximum absolute atomic E-state index is 12.8. The van der Waals surface area contributed by atoms with Crippen LogP contribution in [-0.4, -0.2) is 68.5 Å². The number of allylic oxidation sites excluding steroid dienone is 11. The summed E-state index contributed by atoms with van der Waals surface area (Å²) in [4.78, 5) is 25.3. The lowest BCUT2D eigenvalue weighted by atomic mass is 10.1. The fraction of sp³-hybridized carbons (Fsp3) is 0.717. The van der Waals surface area contributed by atoms with E-state index in [-0.39, 0.29) is 12.5 Å². The Balaban J connectivity index is 4.55. The number of likely N-dealkylation sites (N-methyl/N-ethyl adjacent to an activating group) is 1. The first kappa shape index (κ1) is 52.9. The third-order valence-corrected chi connectivity index (χ3v) is 10.1. The molecule has 0 bridgehead atoms. The zero-order chi connectivity index (χ0) is 40.7. The molecule has 0 heterocycles. The molecule has 9 heteroatoms. The molecule has 0 saturated carbocycles. The number of nitrogens with zero attached hydrogens (tertiary/aromatic N) is 1. The van der Waals surface area contributed by atoms with Crippen LogP contribution < -0.4 is 10.2 Å². The molecular formula is C46H83N2O6P. The number of phosphoric acid groups is 1. The first-order valence-electron chi connectivity index (χ1n) is 21.8. The van der Waals surface area contributed by atoms with Crippen molar-refractivity contribution < 1.29 is 32.9 Å². The normalized spacial score (nSPS) is 15.1. The Morgan fingerprint density at radius 3 is 1.69 bits per heavy atom. The number of unbranched alkanes of at least 4 members (excludes halogenated alkanes) is 15. The highest BCUT2D eigenvalue weighted by molar-refractivity contribution is 7.45. The number of aliphatic hydroxyl groups excluding tert-OH is 1. The van der Waals surface area contributed by atoms with Crippen molar-refractivity contribution >= 4 is 13.7 Å². The van der Waals surface area contributed by atoms with Crippen LogP contribution in [0, 0.1) is 0 Å². The minimum absolute atomic E-state index is 0.0146. The lowest BCUT2D eigenvalue weighted by Crippen LogP contribution is -2.45. The third-order valence-electron chi connectivity index (χ3n) is 9.13.